The van der Waals surface area contributed by atoms with Crippen LogP contribution in [0.1, 0.15) is 28.1 Å². The van der Waals surface area contributed by atoms with Gasteiger partial charge in [0.05, 0.1) is 25.0 Å². The van der Waals surface area contributed by atoms with Crippen molar-refractivity contribution in [3.8, 4) is 0 Å². The van der Waals surface area contributed by atoms with Gasteiger partial charge in [-0.1, -0.05) is 0 Å². The highest BCUT2D eigenvalue weighted by Crippen LogP contribution is 2.21. The normalized spacial score (nSPS) is 18.5. The molecule has 1 fully saturated rings. The molecule has 0 saturated carbocycles. The SMILES string of the molecule is Cc1nccc(C2CN(C(=O)c3cnccn3)CCO2)n1. The fourth-order valence-corrected chi connectivity index (χ4v) is 2.24. The summed E-state index contributed by atoms with van der Waals surface area (Å²) < 4.78 is 5.72. The van der Waals surface area contributed by atoms with Crippen molar-refractivity contribution in [2.75, 3.05) is 19.7 Å². The number of nitrogens with zero attached hydrogens (tertiary/aromatic N) is 5. The van der Waals surface area contributed by atoms with Gasteiger partial charge in [-0.2, -0.15) is 0 Å². The molecule has 21 heavy (non-hydrogen) atoms. The van der Waals surface area contributed by atoms with E-state index in [0.717, 1.165) is 5.69 Å². The van der Waals surface area contributed by atoms with Crippen LogP contribution < -0.4 is 0 Å². The van der Waals surface area contributed by atoms with Crippen molar-refractivity contribution in [1.82, 2.24) is 24.8 Å². The van der Waals surface area contributed by atoms with Gasteiger partial charge in [0.1, 0.15) is 17.6 Å². The van der Waals surface area contributed by atoms with E-state index in [1.807, 2.05) is 13.0 Å². The zero-order valence-corrected chi connectivity index (χ0v) is 11.6. The Morgan fingerprint density at radius 1 is 1.33 bits per heavy atom. The fraction of sp³-hybridized carbons (Fsp3) is 0.357. The third-order valence-electron chi connectivity index (χ3n) is 3.26. The summed E-state index contributed by atoms with van der Waals surface area (Å²) in [6.45, 7) is 3.29. The fourth-order valence-electron chi connectivity index (χ4n) is 2.24. The first-order chi connectivity index (χ1) is 10.2. The van der Waals surface area contributed by atoms with Gasteiger partial charge >= 0.3 is 0 Å². The number of morpholine rings is 1. The Hall–Kier alpha value is -2.41. The predicted molar refractivity (Wildman–Crippen MR) is 73.4 cm³/mol. The van der Waals surface area contributed by atoms with Crippen molar-refractivity contribution in [3.05, 3.63) is 48.1 Å². The summed E-state index contributed by atoms with van der Waals surface area (Å²) in [4.78, 5) is 30.5. The van der Waals surface area contributed by atoms with Gasteiger partial charge < -0.3 is 9.64 Å². The maximum atomic E-state index is 12.4. The monoisotopic (exact) mass is 285 g/mol. The van der Waals surface area contributed by atoms with Crippen LogP contribution in [0.4, 0.5) is 0 Å². The molecule has 7 nitrogen and oxygen atoms in total. The summed E-state index contributed by atoms with van der Waals surface area (Å²) in [7, 11) is 0. The Kier molecular flexibility index (Phi) is 3.83. The van der Waals surface area contributed by atoms with Gasteiger partial charge in [0, 0.05) is 25.1 Å². The van der Waals surface area contributed by atoms with Crippen molar-refractivity contribution in [2.45, 2.75) is 13.0 Å². The average molecular weight is 285 g/mol. The van der Waals surface area contributed by atoms with Crippen LogP contribution in [0.3, 0.4) is 0 Å². The lowest BCUT2D eigenvalue weighted by atomic mass is 10.2. The minimum absolute atomic E-state index is 0.137. The minimum Gasteiger partial charge on any atom is -0.368 e. The molecule has 1 atom stereocenters. The first kappa shape index (κ1) is 13.6. The second-order valence-corrected chi connectivity index (χ2v) is 4.73. The third kappa shape index (κ3) is 3.03. The molecule has 0 radical (unpaired) electrons. The van der Waals surface area contributed by atoms with Crippen molar-refractivity contribution < 1.29 is 9.53 Å². The molecule has 0 aromatic carbocycles. The number of hydrogen-bond donors (Lipinski definition) is 0. The lowest BCUT2D eigenvalue weighted by Gasteiger charge is -2.32. The predicted octanol–water partition coefficient (Wildman–Crippen LogP) is 0.789. The number of amides is 1. The molecule has 3 heterocycles. The number of aryl methyl sites for hydroxylation is 1. The molecular weight excluding hydrogens is 270 g/mol. The molecule has 0 aliphatic carbocycles. The van der Waals surface area contributed by atoms with Crippen molar-refractivity contribution >= 4 is 5.91 Å². The molecule has 1 saturated heterocycles. The average Bonchev–Trinajstić information content (AvgIpc) is 2.55. The number of ether oxygens (including phenoxy) is 1. The van der Waals surface area contributed by atoms with Gasteiger partial charge in [0.2, 0.25) is 0 Å². The molecule has 7 heteroatoms. The van der Waals surface area contributed by atoms with E-state index in [4.69, 9.17) is 4.74 Å². The first-order valence-corrected chi connectivity index (χ1v) is 6.70. The van der Waals surface area contributed by atoms with E-state index in [2.05, 4.69) is 19.9 Å². The zero-order chi connectivity index (χ0) is 14.7. The van der Waals surface area contributed by atoms with Crippen LogP contribution >= 0.6 is 0 Å². The highest BCUT2D eigenvalue weighted by molar-refractivity contribution is 5.92. The summed E-state index contributed by atoms with van der Waals surface area (Å²) in [5.74, 6) is 0.552. The van der Waals surface area contributed by atoms with Crippen LogP contribution in [-0.4, -0.2) is 50.4 Å². The Morgan fingerprint density at radius 2 is 2.24 bits per heavy atom. The summed E-state index contributed by atoms with van der Waals surface area (Å²) in [6.07, 6.45) is 5.99. The summed E-state index contributed by atoms with van der Waals surface area (Å²) in [6, 6.07) is 1.81. The number of rotatable bonds is 2. The number of carbonyl (C=O) groups excluding carboxylic acids is 1. The van der Waals surface area contributed by atoms with Gasteiger partial charge in [0.15, 0.2) is 0 Å². The third-order valence-corrected chi connectivity index (χ3v) is 3.26. The van der Waals surface area contributed by atoms with E-state index in [9.17, 15) is 4.79 Å². The quantitative estimate of drug-likeness (QED) is 0.811. The molecule has 3 rings (SSSR count). The van der Waals surface area contributed by atoms with Crippen molar-refractivity contribution in [3.63, 3.8) is 0 Å². The molecular formula is C14H15N5O2. The molecule has 1 amide bonds. The number of aromatic nitrogens is 4. The topological polar surface area (TPSA) is 81.1 Å². The first-order valence-electron chi connectivity index (χ1n) is 6.70. The zero-order valence-electron chi connectivity index (χ0n) is 11.6. The Labute approximate surface area is 122 Å². The van der Waals surface area contributed by atoms with E-state index in [0.29, 0.717) is 31.2 Å². The van der Waals surface area contributed by atoms with E-state index < -0.39 is 0 Å². The Morgan fingerprint density at radius 3 is 3.00 bits per heavy atom. The van der Waals surface area contributed by atoms with Crippen LogP contribution in [-0.2, 0) is 4.74 Å². The van der Waals surface area contributed by atoms with Crippen LogP contribution in [0.15, 0.2) is 30.9 Å². The van der Waals surface area contributed by atoms with E-state index in [-0.39, 0.29) is 12.0 Å². The largest absolute Gasteiger partial charge is 0.368 e. The molecule has 2 aromatic rings. The molecule has 1 aliphatic heterocycles. The van der Waals surface area contributed by atoms with E-state index in [1.165, 1.54) is 12.4 Å². The highest BCUT2D eigenvalue weighted by Gasteiger charge is 2.27. The van der Waals surface area contributed by atoms with Gasteiger partial charge in [-0.15, -0.1) is 0 Å². The van der Waals surface area contributed by atoms with Gasteiger partial charge in [-0.25, -0.2) is 15.0 Å². The van der Waals surface area contributed by atoms with Crippen molar-refractivity contribution in [1.29, 1.82) is 0 Å². The second-order valence-electron chi connectivity index (χ2n) is 4.73. The molecule has 1 aliphatic rings. The highest BCUT2D eigenvalue weighted by atomic mass is 16.5. The molecule has 2 aromatic heterocycles. The molecule has 108 valence electrons. The Balaban J connectivity index is 1.75. The Bertz CT molecular complexity index is 634. The van der Waals surface area contributed by atoms with Crippen LogP contribution in [0.5, 0.6) is 0 Å². The standard InChI is InChI=1S/C14H15N5O2/c1-10-16-3-2-11(18-10)13-9-19(6-7-21-13)14(20)12-8-15-4-5-17-12/h2-5,8,13H,6-7,9H2,1H3. The summed E-state index contributed by atoms with van der Waals surface area (Å²) in [5, 5.41) is 0. The number of carbonyl (C=O) groups is 1. The van der Waals surface area contributed by atoms with Gasteiger partial charge in [0.25, 0.3) is 5.91 Å². The lowest BCUT2D eigenvalue weighted by Crippen LogP contribution is -2.42. The van der Waals surface area contributed by atoms with Crippen LogP contribution in [0.25, 0.3) is 0 Å². The maximum absolute atomic E-state index is 12.4. The second kappa shape index (κ2) is 5.92. The number of hydrogen-bond acceptors (Lipinski definition) is 6. The van der Waals surface area contributed by atoms with Gasteiger partial charge in [-0.3, -0.25) is 9.78 Å². The van der Waals surface area contributed by atoms with Crippen LogP contribution in [0, 0.1) is 6.92 Å². The van der Waals surface area contributed by atoms with Gasteiger partial charge in [-0.05, 0) is 13.0 Å². The molecule has 0 N–H and O–H groups in total. The van der Waals surface area contributed by atoms with Crippen molar-refractivity contribution in [2.24, 2.45) is 0 Å². The maximum Gasteiger partial charge on any atom is 0.274 e. The lowest BCUT2D eigenvalue weighted by molar-refractivity contribution is -0.0250. The van der Waals surface area contributed by atoms with E-state index >= 15 is 0 Å². The molecule has 1 unspecified atom stereocenters. The smallest absolute Gasteiger partial charge is 0.274 e. The summed E-state index contributed by atoms with van der Waals surface area (Å²) >= 11 is 0. The molecule has 0 bridgehead atoms. The van der Waals surface area contributed by atoms with Crippen LogP contribution in [0.2, 0.25) is 0 Å². The minimum atomic E-state index is -0.235. The van der Waals surface area contributed by atoms with E-state index in [1.54, 1.807) is 17.3 Å². The molecule has 0 spiro atoms. The summed E-state index contributed by atoms with van der Waals surface area (Å²) in [5.41, 5.74) is 1.14.